The number of carbonyl (C=O) groups excluding carboxylic acids is 2. The maximum atomic E-state index is 12.6. The molecule has 2 amide bonds. The molecule has 5 nitrogen and oxygen atoms in total. The van der Waals surface area contributed by atoms with Gasteiger partial charge in [-0.15, -0.1) is 0 Å². The molecule has 1 aromatic carbocycles. The lowest BCUT2D eigenvalue weighted by molar-refractivity contribution is -0.123. The highest BCUT2D eigenvalue weighted by atomic mass is 16.2. The van der Waals surface area contributed by atoms with Crippen molar-refractivity contribution in [1.29, 1.82) is 5.26 Å². The third-order valence-electron chi connectivity index (χ3n) is 4.12. The minimum Gasteiger partial charge on any atom is -0.354 e. The van der Waals surface area contributed by atoms with Crippen LogP contribution in [-0.4, -0.2) is 35.8 Å². The summed E-state index contributed by atoms with van der Waals surface area (Å²) < 4.78 is 0. The van der Waals surface area contributed by atoms with Gasteiger partial charge in [0.1, 0.15) is 0 Å². The van der Waals surface area contributed by atoms with Gasteiger partial charge < -0.3 is 10.2 Å². The molecule has 1 aromatic rings. The average Bonchev–Trinajstić information content (AvgIpc) is 2.88. The van der Waals surface area contributed by atoms with E-state index in [1.807, 2.05) is 6.07 Å². The number of rotatable bonds is 1. The topological polar surface area (TPSA) is 73.2 Å². The summed E-state index contributed by atoms with van der Waals surface area (Å²) in [6, 6.07) is 8.65. The zero-order valence-electron chi connectivity index (χ0n) is 11.0. The molecule has 2 unspecified atom stereocenters. The molecule has 1 N–H and O–H groups in total. The number of hydrogen-bond donors (Lipinski definition) is 1. The van der Waals surface area contributed by atoms with E-state index in [1.54, 1.807) is 29.2 Å². The van der Waals surface area contributed by atoms with Crippen LogP contribution in [0.4, 0.5) is 0 Å². The minimum absolute atomic E-state index is 0.0283. The number of hydrogen-bond acceptors (Lipinski definition) is 3. The van der Waals surface area contributed by atoms with Crippen LogP contribution in [-0.2, 0) is 4.79 Å². The van der Waals surface area contributed by atoms with Crippen molar-refractivity contribution in [3.8, 4) is 6.07 Å². The summed E-state index contributed by atoms with van der Waals surface area (Å²) in [6.07, 6.45) is 1.71. The van der Waals surface area contributed by atoms with Crippen molar-refractivity contribution in [3.63, 3.8) is 0 Å². The second kappa shape index (κ2) is 4.97. The summed E-state index contributed by atoms with van der Waals surface area (Å²) in [4.78, 5) is 26.1. The van der Waals surface area contributed by atoms with Crippen LogP contribution in [0.1, 0.15) is 28.8 Å². The van der Waals surface area contributed by atoms with Crippen LogP contribution >= 0.6 is 0 Å². The van der Waals surface area contributed by atoms with Gasteiger partial charge in [0.25, 0.3) is 5.91 Å². The van der Waals surface area contributed by atoms with Gasteiger partial charge in [-0.05, 0) is 37.1 Å². The van der Waals surface area contributed by atoms with E-state index in [0.29, 0.717) is 24.2 Å². The first-order valence-corrected chi connectivity index (χ1v) is 6.79. The van der Waals surface area contributed by atoms with E-state index in [-0.39, 0.29) is 23.8 Å². The smallest absolute Gasteiger partial charge is 0.254 e. The summed E-state index contributed by atoms with van der Waals surface area (Å²) in [7, 11) is 0. The van der Waals surface area contributed by atoms with E-state index in [2.05, 4.69) is 5.32 Å². The normalized spacial score (nSPS) is 24.8. The van der Waals surface area contributed by atoms with E-state index in [0.717, 1.165) is 12.8 Å². The molecule has 2 saturated heterocycles. The van der Waals surface area contributed by atoms with Crippen LogP contribution in [0.25, 0.3) is 0 Å². The number of likely N-dealkylation sites (tertiary alicyclic amines) is 1. The molecule has 0 bridgehead atoms. The fraction of sp³-hybridized carbons (Fsp3) is 0.400. The summed E-state index contributed by atoms with van der Waals surface area (Å²) in [5, 5.41) is 11.6. The van der Waals surface area contributed by atoms with Crippen molar-refractivity contribution in [1.82, 2.24) is 10.2 Å². The molecule has 20 heavy (non-hydrogen) atoms. The Hall–Kier alpha value is -2.35. The second-order valence-electron chi connectivity index (χ2n) is 5.25. The Morgan fingerprint density at radius 3 is 2.80 bits per heavy atom. The largest absolute Gasteiger partial charge is 0.354 e. The molecule has 0 aromatic heterocycles. The van der Waals surface area contributed by atoms with Crippen LogP contribution < -0.4 is 5.32 Å². The van der Waals surface area contributed by atoms with E-state index in [4.69, 9.17) is 5.26 Å². The fourth-order valence-corrected chi connectivity index (χ4v) is 3.06. The standard InChI is InChI=1S/C15H15N3O2/c16-8-10-3-5-11(6-4-10)15(20)18-7-1-2-12-13(18)9-17-14(12)19/h3-6,12-13H,1-2,7,9H2,(H,17,19). The second-order valence-corrected chi connectivity index (χ2v) is 5.25. The van der Waals surface area contributed by atoms with Gasteiger partial charge in [0.15, 0.2) is 0 Å². The molecule has 2 atom stereocenters. The zero-order valence-corrected chi connectivity index (χ0v) is 11.0. The lowest BCUT2D eigenvalue weighted by Crippen LogP contribution is -2.48. The Labute approximate surface area is 117 Å². The molecule has 0 saturated carbocycles. The van der Waals surface area contributed by atoms with Crippen LogP contribution in [0, 0.1) is 17.2 Å². The lowest BCUT2D eigenvalue weighted by atomic mass is 9.91. The van der Waals surface area contributed by atoms with Gasteiger partial charge in [-0.25, -0.2) is 0 Å². The molecular formula is C15H15N3O2. The number of fused-ring (bicyclic) bond motifs is 1. The highest BCUT2D eigenvalue weighted by Crippen LogP contribution is 2.28. The predicted octanol–water partition coefficient (Wildman–Crippen LogP) is 0.909. The maximum Gasteiger partial charge on any atom is 0.254 e. The molecule has 2 fully saturated rings. The number of nitrogens with zero attached hydrogens (tertiary/aromatic N) is 2. The van der Waals surface area contributed by atoms with Crippen molar-refractivity contribution < 1.29 is 9.59 Å². The van der Waals surface area contributed by atoms with Crippen LogP contribution in [0.15, 0.2) is 24.3 Å². The maximum absolute atomic E-state index is 12.6. The first-order chi connectivity index (χ1) is 9.70. The van der Waals surface area contributed by atoms with Crippen molar-refractivity contribution in [2.24, 2.45) is 5.92 Å². The quantitative estimate of drug-likeness (QED) is 0.823. The van der Waals surface area contributed by atoms with Crippen LogP contribution in [0.3, 0.4) is 0 Å². The number of nitrogens with one attached hydrogen (secondary N) is 1. The van der Waals surface area contributed by atoms with E-state index < -0.39 is 0 Å². The molecule has 2 aliphatic rings. The molecule has 0 aliphatic carbocycles. The molecule has 2 aliphatic heterocycles. The molecule has 102 valence electrons. The number of piperidine rings is 1. The van der Waals surface area contributed by atoms with Gasteiger partial charge in [0.05, 0.1) is 23.6 Å². The summed E-state index contributed by atoms with van der Waals surface area (Å²) >= 11 is 0. The molecule has 5 heteroatoms. The molecule has 2 heterocycles. The zero-order chi connectivity index (χ0) is 14.1. The van der Waals surface area contributed by atoms with Gasteiger partial charge in [-0.2, -0.15) is 5.26 Å². The van der Waals surface area contributed by atoms with Gasteiger partial charge in [0, 0.05) is 18.7 Å². The number of amides is 2. The Morgan fingerprint density at radius 1 is 1.35 bits per heavy atom. The van der Waals surface area contributed by atoms with Gasteiger partial charge >= 0.3 is 0 Å². The molecular weight excluding hydrogens is 254 g/mol. The molecule has 0 radical (unpaired) electrons. The molecule has 0 spiro atoms. The van der Waals surface area contributed by atoms with Crippen LogP contribution in [0.2, 0.25) is 0 Å². The number of benzene rings is 1. The Balaban J connectivity index is 1.82. The Bertz CT molecular complexity index is 588. The van der Waals surface area contributed by atoms with Crippen molar-refractivity contribution >= 4 is 11.8 Å². The first-order valence-electron chi connectivity index (χ1n) is 6.79. The monoisotopic (exact) mass is 269 g/mol. The van der Waals surface area contributed by atoms with E-state index in [9.17, 15) is 9.59 Å². The number of nitriles is 1. The lowest BCUT2D eigenvalue weighted by Gasteiger charge is -2.36. The van der Waals surface area contributed by atoms with Gasteiger partial charge in [0.2, 0.25) is 5.91 Å². The van der Waals surface area contributed by atoms with Crippen molar-refractivity contribution in [3.05, 3.63) is 35.4 Å². The summed E-state index contributed by atoms with van der Waals surface area (Å²) in [6.45, 7) is 1.24. The Morgan fingerprint density at radius 2 is 2.10 bits per heavy atom. The first kappa shape index (κ1) is 12.7. The van der Waals surface area contributed by atoms with Crippen LogP contribution in [0.5, 0.6) is 0 Å². The average molecular weight is 269 g/mol. The third kappa shape index (κ3) is 2.03. The van der Waals surface area contributed by atoms with Gasteiger partial charge in [-0.1, -0.05) is 0 Å². The molecule has 3 rings (SSSR count). The SMILES string of the molecule is N#Cc1ccc(C(=O)N2CCCC3C(=O)NCC32)cc1. The van der Waals surface area contributed by atoms with E-state index in [1.165, 1.54) is 0 Å². The highest BCUT2D eigenvalue weighted by Gasteiger charge is 2.42. The third-order valence-corrected chi connectivity index (χ3v) is 4.12. The fourth-order valence-electron chi connectivity index (χ4n) is 3.06. The van der Waals surface area contributed by atoms with Crippen molar-refractivity contribution in [2.45, 2.75) is 18.9 Å². The van der Waals surface area contributed by atoms with Gasteiger partial charge in [-0.3, -0.25) is 9.59 Å². The predicted molar refractivity (Wildman–Crippen MR) is 71.7 cm³/mol. The minimum atomic E-state index is -0.0638. The Kier molecular flexibility index (Phi) is 3.15. The highest BCUT2D eigenvalue weighted by molar-refractivity contribution is 5.95. The number of carbonyl (C=O) groups is 2. The summed E-state index contributed by atoms with van der Waals surface area (Å²) in [5.74, 6) is -0.0564. The van der Waals surface area contributed by atoms with E-state index >= 15 is 0 Å². The summed E-state index contributed by atoms with van der Waals surface area (Å²) in [5.41, 5.74) is 1.11. The van der Waals surface area contributed by atoms with Crippen molar-refractivity contribution in [2.75, 3.05) is 13.1 Å².